The molecule has 1 heterocycles. The molecule has 0 aliphatic heterocycles. The van der Waals surface area contributed by atoms with Crippen molar-refractivity contribution in [3.63, 3.8) is 0 Å². The van der Waals surface area contributed by atoms with Gasteiger partial charge in [-0.15, -0.1) is 0 Å². The summed E-state index contributed by atoms with van der Waals surface area (Å²) in [6.07, 6.45) is 1.97. The first-order chi connectivity index (χ1) is 10.3. The Morgan fingerprint density at radius 1 is 0.952 bits per heavy atom. The normalized spacial score (nSPS) is 10.7. The highest BCUT2D eigenvalue weighted by Gasteiger charge is 2.00. The Morgan fingerprint density at radius 2 is 1.81 bits per heavy atom. The van der Waals surface area contributed by atoms with Crippen LogP contribution in [0.15, 0.2) is 69.9 Å². The topological polar surface area (TPSA) is 39.4 Å². The fourth-order valence-corrected chi connectivity index (χ4v) is 2.25. The lowest BCUT2D eigenvalue weighted by Crippen LogP contribution is -2.00. The van der Waals surface area contributed by atoms with E-state index in [0.717, 1.165) is 24.0 Å². The molecular weight excluding hydrogens is 264 g/mol. The van der Waals surface area contributed by atoms with Gasteiger partial charge in [-0.3, -0.25) is 0 Å². The van der Waals surface area contributed by atoms with E-state index in [1.54, 1.807) is 12.1 Å². The number of ether oxygens (including phenoxy) is 1. The monoisotopic (exact) mass is 280 g/mol. The maximum Gasteiger partial charge on any atom is 0.336 e. The van der Waals surface area contributed by atoms with E-state index in [2.05, 4.69) is 12.1 Å². The summed E-state index contributed by atoms with van der Waals surface area (Å²) < 4.78 is 10.8. The molecule has 106 valence electrons. The number of benzene rings is 2. The molecule has 3 nitrogen and oxygen atoms in total. The van der Waals surface area contributed by atoms with Gasteiger partial charge in [0.15, 0.2) is 0 Å². The van der Waals surface area contributed by atoms with Crippen LogP contribution in [0.4, 0.5) is 0 Å². The van der Waals surface area contributed by atoms with Gasteiger partial charge in [-0.1, -0.05) is 30.3 Å². The molecule has 21 heavy (non-hydrogen) atoms. The number of hydrogen-bond donors (Lipinski definition) is 0. The van der Waals surface area contributed by atoms with Crippen molar-refractivity contribution < 1.29 is 9.15 Å². The number of aryl methyl sites for hydroxylation is 1. The second-order valence-corrected chi connectivity index (χ2v) is 4.89. The van der Waals surface area contributed by atoms with Crippen LogP contribution < -0.4 is 10.4 Å². The average Bonchev–Trinajstić information content (AvgIpc) is 2.52. The average molecular weight is 280 g/mol. The van der Waals surface area contributed by atoms with Crippen LogP contribution in [0.5, 0.6) is 5.75 Å². The molecule has 3 aromatic rings. The fourth-order valence-electron chi connectivity index (χ4n) is 2.25. The van der Waals surface area contributed by atoms with Crippen LogP contribution in [0.3, 0.4) is 0 Å². The Hall–Kier alpha value is -2.55. The summed E-state index contributed by atoms with van der Waals surface area (Å²) in [6, 6.07) is 19.0. The Balaban J connectivity index is 1.58. The van der Waals surface area contributed by atoms with E-state index in [1.807, 2.05) is 30.3 Å². The highest BCUT2D eigenvalue weighted by atomic mass is 16.5. The quantitative estimate of drug-likeness (QED) is 0.527. The minimum absolute atomic E-state index is 0.334. The zero-order valence-electron chi connectivity index (χ0n) is 11.6. The molecule has 2 aromatic carbocycles. The van der Waals surface area contributed by atoms with Gasteiger partial charge in [-0.05, 0) is 42.7 Å². The highest BCUT2D eigenvalue weighted by Crippen LogP contribution is 2.19. The summed E-state index contributed by atoms with van der Waals surface area (Å²) in [5.74, 6) is 0.796. The standard InChI is InChI=1S/C18H16O3/c19-18-11-8-15-13-16(9-10-17(15)21-18)20-12-4-7-14-5-2-1-3-6-14/h1-3,5-6,8-11,13H,4,7,12H2. The van der Waals surface area contributed by atoms with Gasteiger partial charge in [0.2, 0.25) is 0 Å². The minimum atomic E-state index is -0.334. The smallest absolute Gasteiger partial charge is 0.336 e. The highest BCUT2D eigenvalue weighted by molar-refractivity contribution is 5.77. The van der Waals surface area contributed by atoms with Crippen LogP contribution in [-0.4, -0.2) is 6.61 Å². The maximum atomic E-state index is 11.1. The maximum absolute atomic E-state index is 11.1. The van der Waals surface area contributed by atoms with Gasteiger partial charge in [0.1, 0.15) is 11.3 Å². The number of hydrogen-bond acceptors (Lipinski definition) is 3. The van der Waals surface area contributed by atoms with Crippen molar-refractivity contribution in [3.05, 3.63) is 76.6 Å². The summed E-state index contributed by atoms with van der Waals surface area (Å²) >= 11 is 0. The predicted molar refractivity (Wildman–Crippen MR) is 82.7 cm³/mol. The molecule has 0 saturated heterocycles. The van der Waals surface area contributed by atoms with Crippen molar-refractivity contribution in [1.82, 2.24) is 0 Å². The lowest BCUT2D eigenvalue weighted by Gasteiger charge is -2.07. The van der Waals surface area contributed by atoms with Gasteiger partial charge in [0.25, 0.3) is 0 Å². The third-order valence-electron chi connectivity index (χ3n) is 3.31. The molecular formula is C18H16O3. The molecule has 0 N–H and O–H groups in total. The van der Waals surface area contributed by atoms with Crippen molar-refractivity contribution in [1.29, 1.82) is 0 Å². The third-order valence-corrected chi connectivity index (χ3v) is 3.31. The van der Waals surface area contributed by atoms with E-state index < -0.39 is 0 Å². The molecule has 0 aliphatic rings. The van der Waals surface area contributed by atoms with Crippen LogP contribution >= 0.6 is 0 Å². The van der Waals surface area contributed by atoms with Gasteiger partial charge >= 0.3 is 5.63 Å². The lowest BCUT2D eigenvalue weighted by molar-refractivity contribution is 0.311. The van der Waals surface area contributed by atoms with E-state index in [-0.39, 0.29) is 5.63 Å². The minimum Gasteiger partial charge on any atom is -0.494 e. The van der Waals surface area contributed by atoms with E-state index >= 15 is 0 Å². The summed E-state index contributed by atoms with van der Waals surface area (Å²) in [5, 5.41) is 0.871. The third kappa shape index (κ3) is 3.51. The van der Waals surface area contributed by atoms with Crippen molar-refractivity contribution in [2.45, 2.75) is 12.8 Å². The Morgan fingerprint density at radius 3 is 2.67 bits per heavy atom. The van der Waals surface area contributed by atoms with Gasteiger partial charge < -0.3 is 9.15 Å². The second-order valence-electron chi connectivity index (χ2n) is 4.89. The van der Waals surface area contributed by atoms with E-state index in [4.69, 9.17) is 9.15 Å². The summed E-state index contributed by atoms with van der Waals surface area (Å²) in [6.45, 7) is 0.664. The number of fused-ring (bicyclic) bond motifs is 1. The SMILES string of the molecule is O=c1ccc2cc(OCCCc3ccccc3)ccc2o1. The first-order valence-corrected chi connectivity index (χ1v) is 7.02. The Bertz CT molecular complexity index is 775. The zero-order valence-corrected chi connectivity index (χ0v) is 11.6. The molecule has 0 bridgehead atoms. The molecule has 0 atom stereocenters. The van der Waals surface area contributed by atoms with Crippen LogP contribution in [0.2, 0.25) is 0 Å². The Labute approximate surface area is 122 Å². The van der Waals surface area contributed by atoms with Crippen LogP contribution in [0, 0.1) is 0 Å². The van der Waals surface area contributed by atoms with E-state index in [9.17, 15) is 4.79 Å². The molecule has 0 saturated carbocycles. The first-order valence-electron chi connectivity index (χ1n) is 7.02. The summed E-state index contributed by atoms with van der Waals surface area (Å²) in [5.41, 5.74) is 1.57. The second kappa shape index (κ2) is 6.27. The van der Waals surface area contributed by atoms with Gasteiger partial charge in [-0.25, -0.2) is 4.79 Å². The number of rotatable bonds is 5. The van der Waals surface area contributed by atoms with Crippen molar-refractivity contribution in [3.8, 4) is 5.75 Å². The molecule has 0 spiro atoms. The predicted octanol–water partition coefficient (Wildman–Crippen LogP) is 3.80. The largest absolute Gasteiger partial charge is 0.494 e. The molecule has 0 aliphatic carbocycles. The van der Waals surface area contributed by atoms with Gasteiger partial charge in [0.05, 0.1) is 6.61 Å². The van der Waals surface area contributed by atoms with Crippen molar-refractivity contribution >= 4 is 11.0 Å². The van der Waals surface area contributed by atoms with Crippen molar-refractivity contribution in [2.75, 3.05) is 6.61 Å². The van der Waals surface area contributed by atoms with Gasteiger partial charge in [0, 0.05) is 11.5 Å². The molecule has 0 unspecified atom stereocenters. The molecule has 0 radical (unpaired) electrons. The lowest BCUT2D eigenvalue weighted by atomic mass is 10.1. The Kier molecular flexibility index (Phi) is 4.01. The molecule has 1 aromatic heterocycles. The summed E-state index contributed by atoms with van der Waals surface area (Å²) in [4.78, 5) is 11.1. The fraction of sp³-hybridized carbons (Fsp3) is 0.167. The van der Waals surface area contributed by atoms with E-state index in [0.29, 0.717) is 12.2 Å². The van der Waals surface area contributed by atoms with E-state index in [1.165, 1.54) is 11.6 Å². The molecule has 0 amide bonds. The van der Waals surface area contributed by atoms with Crippen LogP contribution in [0.1, 0.15) is 12.0 Å². The first kappa shape index (κ1) is 13.4. The summed E-state index contributed by atoms with van der Waals surface area (Å²) in [7, 11) is 0. The van der Waals surface area contributed by atoms with Gasteiger partial charge in [-0.2, -0.15) is 0 Å². The van der Waals surface area contributed by atoms with Crippen LogP contribution in [0.25, 0.3) is 11.0 Å². The van der Waals surface area contributed by atoms with Crippen molar-refractivity contribution in [2.24, 2.45) is 0 Å². The molecule has 3 rings (SSSR count). The van der Waals surface area contributed by atoms with Crippen LogP contribution in [-0.2, 0) is 6.42 Å². The molecule has 3 heteroatoms. The molecule has 0 fully saturated rings. The zero-order chi connectivity index (χ0) is 14.5.